The molecule has 1 amide bonds. The molecule has 0 aromatic heterocycles. The van der Waals surface area contributed by atoms with Crippen molar-refractivity contribution in [3.8, 4) is 0 Å². The van der Waals surface area contributed by atoms with E-state index in [9.17, 15) is 32.4 Å². The monoisotopic (exact) mass is 715 g/mol. The van der Waals surface area contributed by atoms with E-state index >= 15 is 0 Å². The number of ketones is 4. The Morgan fingerprint density at radius 1 is 0.840 bits per heavy atom. The van der Waals surface area contributed by atoms with Crippen LogP contribution in [0.15, 0.2) is 0 Å². The van der Waals surface area contributed by atoms with Crippen LogP contribution in [0.1, 0.15) is 164 Å². The number of rotatable bonds is 10. The minimum atomic E-state index is -3.52. The fraction of sp³-hybridized carbons (Fsp3) is 0.878. The van der Waals surface area contributed by atoms with E-state index in [4.69, 9.17) is 0 Å². The zero-order valence-electron chi connectivity index (χ0n) is 31.9. The second-order valence-electron chi connectivity index (χ2n) is 18.7. The van der Waals surface area contributed by atoms with Gasteiger partial charge in [-0.15, -0.1) is 0 Å². The standard InChI is InChI=1S/C41H65NO7S/c1-27(50(48,49)39(2,3)4)41(20-14-11-15-21-41)25-31(43)23-30-17-13-10-8-7-9-12-16-29(37(46)34(45)22-28-18-19-28)24-33(44)36-35-32(40(35,5)6)26-42(36)38(30)47/h27-30,32,35-36H,7-26H2,1-6H3/t27-,29-,30-,32+,35+,36-/m1/s1. The van der Waals surface area contributed by atoms with Crippen LogP contribution in [-0.2, 0) is 33.8 Å². The van der Waals surface area contributed by atoms with Crippen LogP contribution < -0.4 is 0 Å². The van der Waals surface area contributed by atoms with E-state index in [0.29, 0.717) is 38.1 Å². The Kier molecular flexibility index (Phi) is 12.0. The van der Waals surface area contributed by atoms with Gasteiger partial charge in [-0.2, -0.15) is 0 Å². The van der Waals surface area contributed by atoms with Gasteiger partial charge in [0.1, 0.15) is 5.78 Å². The van der Waals surface area contributed by atoms with E-state index in [1.54, 1.807) is 32.6 Å². The Morgan fingerprint density at radius 2 is 1.42 bits per heavy atom. The number of amides is 1. The van der Waals surface area contributed by atoms with Crippen LogP contribution in [0.3, 0.4) is 0 Å². The van der Waals surface area contributed by atoms with Gasteiger partial charge in [-0.3, -0.25) is 24.0 Å². The fourth-order valence-electron chi connectivity index (χ4n) is 10.1. The molecule has 8 nitrogen and oxygen atoms in total. The lowest BCUT2D eigenvalue weighted by Crippen LogP contribution is -2.49. The van der Waals surface area contributed by atoms with E-state index < -0.39 is 48.9 Å². The molecule has 2 saturated heterocycles. The maximum absolute atomic E-state index is 14.6. The Hall–Kier alpha value is -1.90. The van der Waals surface area contributed by atoms with Gasteiger partial charge in [0.2, 0.25) is 11.7 Å². The first-order chi connectivity index (χ1) is 23.4. The number of piperidine rings is 1. The molecule has 0 radical (unpaired) electrons. The minimum absolute atomic E-state index is 0.00472. The molecule has 0 N–H and O–H groups in total. The quantitative estimate of drug-likeness (QED) is 0.213. The van der Waals surface area contributed by atoms with Gasteiger partial charge in [0.15, 0.2) is 21.4 Å². The highest BCUT2D eigenvalue weighted by atomic mass is 32.2. The van der Waals surface area contributed by atoms with Gasteiger partial charge in [-0.05, 0) is 94.8 Å². The number of nitrogens with zero attached hydrogens (tertiary/aromatic N) is 1. The highest BCUT2D eigenvalue weighted by Crippen LogP contribution is 2.65. The van der Waals surface area contributed by atoms with E-state index in [0.717, 1.165) is 70.6 Å². The molecule has 6 atom stereocenters. The van der Waals surface area contributed by atoms with Crippen LogP contribution in [0, 0.1) is 40.4 Å². The van der Waals surface area contributed by atoms with Crippen molar-refractivity contribution in [3.63, 3.8) is 0 Å². The normalized spacial score (nSPS) is 31.5. The van der Waals surface area contributed by atoms with Gasteiger partial charge in [0.05, 0.1) is 16.0 Å². The first-order valence-electron chi connectivity index (χ1n) is 20.1. The van der Waals surface area contributed by atoms with Gasteiger partial charge in [0, 0.05) is 44.1 Å². The lowest BCUT2D eigenvalue weighted by atomic mass is 9.68. The van der Waals surface area contributed by atoms with E-state index in [2.05, 4.69) is 13.8 Å². The summed E-state index contributed by atoms with van der Waals surface area (Å²) < 4.78 is 26.5. The molecule has 282 valence electrons. The van der Waals surface area contributed by atoms with Crippen LogP contribution in [0.25, 0.3) is 0 Å². The van der Waals surface area contributed by atoms with Gasteiger partial charge in [0.25, 0.3) is 0 Å². The SMILES string of the molecule is C[C@H](C1(CC(=O)C[C@H]2CCCCCCCC[C@@H](C(=O)C(=O)CC3CC3)CC(=O)[C@@H]3[C@@H]4[C@H](CN3C2=O)C4(C)C)CCCCC1)S(=O)(=O)C(C)(C)C. The number of hydrogen-bond acceptors (Lipinski definition) is 7. The Morgan fingerprint density at radius 3 is 2.02 bits per heavy atom. The molecule has 3 aliphatic carbocycles. The predicted molar refractivity (Wildman–Crippen MR) is 195 cm³/mol. The van der Waals surface area contributed by atoms with E-state index in [1.165, 1.54) is 0 Å². The summed E-state index contributed by atoms with van der Waals surface area (Å²) in [7, 11) is -3.52. The largest absolute Gasteiger partial charge is 0.332 e. The molecule has 5 aliphatic rings. The summed E-state index contributed by atoms with van der Waals surface area (Å²) in [6.45, 7) is 11.8. The van der Waals surface area contributed by atoms with E-state index in [-0.39, 0.29) is 66.2 Å². The van der Waals surface area contributed by atoms with Crippen molar-refractivity contribution in [1.82, 2.24) is 4.90 Å². The highest BCUT2D eigenvalue weighted by Gasteiger charge is 2.69. The molecule has 5 fully saturated rings. The van der Waals surface area contributed by atoms with E-state index in [1.807, 2.05) is 0 Å². The van der Waals surface area contributed by atoms with Crippen molar-refractivity contribution in [1.29, 1.82) is 0 Å². The number of sulfone groups is 1. The second kappa shape index (κ2) is 15.2. The van der Waals surface area contributed by atoms with Gasteiger partial charge in [-0.25, -0.2) is 8.42 Å². The second-order valence-corrected chi connectivity index (χ2v) is 21.8. The summed E-state index contributed by atoms with van der Waals surface area (Å²) in [5.74, 6) is -1.74. The molecule has 5 rings (SSSR count). The number of carbonyl (C=O) groups is 5. The third kappa shape index (κ3) is 8.33. The Labute approximate surface area is 302 Å². The molecule has 0 bridgehead atoms. The van der Waals surface area contributed by atoms with Crippen molar-refractivity contribution in [2.24, 2.45) is 40.4 Å². The maximum Gasteiger partial charge on any atom is 0.226 e. The predicted octanol–water partition coefficient (Wildman–Crippen LogP) is 7.64. The molecule has 9 heteroatoms. The van der Waals surface area contributed by atoms with Crippen molar-refractivity contribution < 1.29 is 32.4 Å². The topological polar surface area (TPSA) is 123 Å². The zero-order chi connectivity index (χ0) is 36.6. The number of fused-ring (bicyclic) bond motifs is 3. The molecule has 50 heavy (non-hydrogen) atoms. The Balaban J connectivity index is 1.37. The Bertz CT molecular complexity index is 1410. The average Bonchev–Trinajstić information content (AvgIpc) is 3.90. The lowest BCUT2D eigenvalue weighted by Gasteiger charge is -2.44. The third-order valence-corrected chi connectivity index (χ3v) is 17.0. The number of hydrogen-bond donors (Lipinski definition) is 0. The number of Topliss-reactive ketones (excluding diaryl/α,β-unsaturated/α-hetero) is 4. The molecular weight excluding hydrogens is 651 g/mol. The van der Waals surface area contributed by atoms with Crippen LogP contribution in [0.4, 0.5) is 0 Å². The molecule has 0 aromatic rings. The molecule has 3 saturated carbocycles. The van der Waals surface area contributed by atoms with Gasteiger partial charge < -0.3 is 4.90 Å². The fourth-order valence-corrected chi connectivity index (χ4v) is 12.1. The summed E-state index contributed by atoms with van der Waals surface area (Å²) >= 11 is 0. The molecule has 2 heterocycles. The molecule has 2 aliphatic heterocycles. The van der Waals surface area contributed by atoms with Crippen LogP contribution in [-0.4, -0.2) is 64.9 Å². The van der Waals surface area contributed by atoms with Crippen LogP contribution in [0.5, 0.6) is 0 Å². The third-order valence-electron chi connectivity index (χ3n) is 13.8. The summed E-state index contributed by atoms with van der Waals surface area (Å²) in [5, 5.41) is -0.662. The van der Waals surface area contributed by atoms with Gasteiger partial charge >= 0.3 is 0 Å². The maximum atomic E-state index is 14.6. The minimum Gasteiger partial charge on any atom is -0.332 e. The highest BCUT2D eigenvalue weighted by molar-refractivity contribution is 7.93. The average molecular weight is 716 g/mol. The first-order valence-corrected chi connectivity index (χ1v) is 21.6. The molecule has 0 unspecified atom stereocenters. The van der Waals surface area contributed by atoms with Crippen LogP contribution in [0.2, 0.25) is 0 Å². The van der Waals surface area contributed by atoms with Gasteiger partial charge in [-0.1, -0.05) is 71.6 Å². The lowest BCUT2D eigenvalue weighted by molar-refractivity contribution is -0.146. The molecular formula is C41H65NO7S. The van der Waals surface area contributed by atoms with Crippen molar-refractivity contribution >= 4 is 38.9 Å². The molecule has 0 aromatic carbocycles. The van der Waals surface area contributed by atoms with Crippen molar-refractivity contribution in [2.75, 3.05) is 6.54 Å². The van der Waals surface area contributed by atoms with Crippen molar-refractivity contribution in [3.05, 3.63) is 0 Å². The van der Waals surface area contributed by atoms with Crippen molar-refractivity contribution in [2.45, 2.75) is 180 Å². The smallest absolute Gasteiger partial charge is 0.226 e. The summed E-state index contributed by atoms with van der Waals surface area (Å²) in [6, 6.07) is -0.638. The van der Waals surface area contributed by atoms with Crippen LogP contribution >= 0.6 is 0 Å². The zero-order valence-corrected chi connectivity index (χ0v) is 32.7. The summed E-state index contributed by atoms with van der Waals surface area (Å²) in [6.07, 6.45) is 13.2. The molecule has 0 spiro atoms. The number of carbonyl (C=O) groups excluding carboxylic acids is 5. The summed E-state index contributed by atoms with van der Waals surface area (Å²) in [5.41, 5.74) is -0.727. The summed E-state index contributed by atoms with van der Waals surface area (Å²) in [4.78, 5) is 71.1. The first kappa shape index (κ1) is 39.3.